The molecule has 1 unspecified atom stereocenters. The van der Waals surface area contributed by atoms with E-state index in [0.29, 0.717) is 37.1 Å². The summed E-state index contributed by atoms with van der Waals surface area (Å²) in [5, 5.41) is 22.2. The molecule has 0 aromatic heterocycles. The zero-order valence-electron chi connectivity index (χ0n) is 30.6. The van der Waals surface area contributed by atoms with E-state index in [0.717, 1.165) is 19.3 Å². The number of halogens is 1. The van der Waals surface area contributed by atoms with Crippen LogP contribution in [0.3, 0.4) is 0 Å². The van der Waals surface area contributed by atoms with Crippen molar-refractivity contribution in [2.24, 2.45) is 17.3 Å². The summed E-state index contributed by atoms with van der Waals surface area (Å²) in [5.41, 5.74) is -0.988. The van der Waals surface area contributed by atoms with Crippen molar-refractivity contribution in [3.05, 3.63) is 59.2 Å². The smallest absolute Gasteiger partial charge is 0.306 e. The number of nitrogens with zero attached hydrogens (tertiary/aromatic N) is 1. The van der Waals surface area contributed by atoms with E-state index in [2.05, 4.69) is 17.4 Å². The Morgan fingerprint density at radius 1 is 0.980 bits per heavy atom. The number of carbonyl (C=O) groups is 4. The van der Waals surface area contributed by atoms with Gasteiger partial charge in [-0.25, -0.2) is 4.39 Å². The summed E-state index contributed by atoms with van der Waals surface area (Å²) in [5.74, 6) is -2.80. The van der Waals surface area contributed by atoms with Crippen molar-refractivity contribution in [3.8, 4) is 0 Å². The minimum atomic E-state index is -1.93. The van der Waals surface area contributed by atoms with Crippen molar-refractivity contribution >= 4 is 29.3 Å². The first-order valence-corrected chi connectivity index (χ1v) is 18.2. The number of hydrogen-bond donors (Lipinski definition) is 3. The van der Waals surface area contributed by atoms with E-state index in [4.69, 9.17) is 10.1 Å². The SMILES string of the molecule is CC(C)(C)OC(=O)CCCCN(CCCCc1ccccc1)C(=O)C1=CC(=N)C([C@@H]2C[C@@H](O)CC2C(=O)[C@@H](NC(=O)C2(F)CC2)C(C)(C)C)=C1. The number of Topliss-reactive ketones (excluding diaryl/α,β-unsaturated/α-hetero) is 1. The second-order valence-electron chi connectivity index (χ2n) is 16.4. The summed E-state index contributed by atoms with van der Waals surface area (Å²) in [6.07, 6.45) is 7.07. The Bertz CT molecular complexity index is 1480. The molecule has 4 atom stereocenters. The first-order valence-electron chi connectivity index (χ1n) is 18.2. The van der Waals surface area contributed by atoms with E-state index in [1.807, 2.05) is 59.7 Å². The maximum absolute atomic E-state index is 14.6. The maximum atomic E-state index is 14.6. The van der Waals surface area contributed by atoms with E-state index in [1.165, 1.54) is 11.6 Å². The van der Waals surface area contributed by atoms with Gasteiger partial charge in [0.2, 0.25) is 0 Å². The number of ketones is 1. The molecule has 0 spiro atoms. The van der Waals surface area contributed by atoms with E-state index in [-0.39, 0.29) is 55.5 Å². The van der Waals surface area contributed by atoms with Gasteiger partial charge in [-0.3, -0.25) is 19.2 Å². The Labute approximate surface area is 296 Å². The molecule has 0 heterocycles. The number of ether oxygens (including phenoxy) is 1. The van der Waals surface area contributed by atoms with Crippen LogP contribution < -0.4 is 5.32 Å². The van der Waals surface area contributed by atoms with Crippen LogP contribution in [0.4, 0.5) is 4.39 Å². The van der Waals surface area contributed by atoms with Gasteiger partial charge in [0.25, 0.3) is 11.8 Å². The first kappa shape index (κ1) is 39.1. The molecule has 2 saturated carbocycles. The highest BCUT2D eigenvalue weighted by molar-refractivity contribution is 6.17. The average Bonchev–Trinajstić information content (AvgIpc) is 3.49. The average molecular weight is 694 g/mol. The molecule has 3 aliphatic rings. The van der Waals surface area contributed by atoms with Crippen LogP contribution in [0.2, 0.25) is 0 Å². The molecule has 2 amide bonds. The normalized spacial score (nSPS) is 22.0. The number of aliphatic hydroxyl groups excluding tert-OH is 1. The lowest BCUT2D eigenvalue weighted by atomic mass is 9.75. The minimum absolute atomic E-state index is 0.122. The largest absolute Gasteiger partial charge is 0.460 e. The van der Waals surface area contributed by atoms with Crippen molar-refractivity contribution in [3.63, 3.8) is 0 Å². The van der Waals surface area contributed by atoms with Gasteiger partial charge in [0.15, 0.2) is 11.5 Å². The van der Waals surface area contributed by atoms with Crippen LogP contribution in [-0.2, 0) is 30.3 Å². The molecule has 10 heteroatoms. The highest BCUT2D eigenvalue weighted by Crippen LogP contribution is 2.44. The number of hydrogen-bond acceptors (Lipinski definition) is 7. The van der Waals surface area contributed by atoms with Gasteiger partial charge in [-0.2, -0.15) is 0 Å². The van der Waals surface area contributed by atoms with Crippen LogP contribution >= 0.6 is 0 Å². The van der Waals surface area contributed by atoms with Crippen molar-refractivity contribution in [2.45, 2.75) is 129 Å². The quantitative estimate of drug-likeness (QED) is 0.139. The second-order valence-corrected chi connectivity index (χ2v) is 16.4. The van der Waals surface area contributed by atoms with Crippen molar-refractivity contribution < 1.29 is 33.4 Å². The number of nitrogens with one attached hydrogen (secondary N) is 2. The molecule has 0 aliphatic heterocycles. The Balaban J connectivity index is 1.46. The molecule has 0 radical (unpaired) electrons. The van der Waals surface area contributed by atoms with Crippen LogP contribution in [0.25, 0.3) is 0 Å². The summed E-state index contributed by atoms with van der Waals surface area (Å²) < 4.78 is 20.0. The van der Waals surface area contributed by atoms with Gasteiger partial charge in [0.1, 0.15) is 5.60 Å². The third kappa shape index (κ3) is 10.7. The number of amides is 2. The topological polar surface area (TPSA) is 137 Å². The standard InChI is InChI=1S/C40H56FN3O6/c1-38(2,3)35(43-37(49)40(41)18-19-40)34(47)31-25-28(45)24-29(31)30-22-27(23-32(30)42)36(48)44(20-12-10-16-26-14-8-7-9-15-26)21-13-11-17-33(46)50-39(4,5)6/h7-9,14-15,22-23,28-29,31,35,42,45H,10-13,16-21,24-25H2,1-6H3,(H,43,49)/t28-,29+,31?,35-/m1/s1. The third-order valence-corrected chi connectivity index (χ3v) is 9.75. The van der Waals surface area contributed by atoms with Gasteiger partial charge >= 0.3 is 5.97 Å². The number of benzene rings is 1. The van der Waals surface area contributed by atoms with Gasteiger partial charge in [0.05, 0.1) is 17.9 Å². The molecule has 3 aliphatic carbocycles. The third-order valence-electron chi connectivity index (χ3n) is 9.75. The zero-order chi connectivity index (χ0) is 36.9. The van der Waals surface area contributed by atoms with Gasteiger partial charge in [-0.15, -0.1) is 0 Å². The van der Waals surface area contributed by atoms with Gasteiger partial charge in [0, 0.05) is 31.0 Å². The Hall–Kier alpha value is -3.66. The number of aliphatic hydroxyl groups is 1. The number of allylic oxidation sites excluding steroid dienone is 2. The fourth-order valence-electron chi connectivity index (χ4n) is 6.89. The van der Waals surface area contributed by atoms with Crippen LogP contribution in [0, 0.1) is 22.7 Å². The number of rotatable bonds is 16. The monoisotopic (exact) mass is 693 g/mol. The molecule has 0 bridgehead atoms. The lowest BCUT2D eigenvalue weighted by Crippen LogP contribution is -2.54. The van der Waals surface area contributed by atoms with Gasteiger partial charge in [-0.05, 0) is 113 Å². The number of esters is 1. The van der Waals surface area contributed by atoms with E-state index < -0.39 is 46.6 Å². The Morgan fingerprint density at radius 2 is 1.62 bits per heavy atom. The highest BCUT2D eigenvalue weighted by Gasteiger charge is 2.53. The number of aryl methyl sites for hydroxylation is 1. The van der Waals surface area contributed by atoms with E-state index in [1.54, 1.807) is 11.0 Å². The van der Waals surface area contributed by atoms with Crippen molar-refractivity contribution in [1.29, 1.82) is 5.41 Å². The van der Waals surface area contributed by atoms with E-state index >= 15 is 0 Å². The van der Waals surface area contributed by atoms with Crippen LogP contribution in [-0.4, -0.2) is 75.8 Å². The summed E-state index contributed by atoms with van der Waals surface area (Å²) in [6.45, 7) is 11.9. The molecule has 1 aromatic carbocycles. The molecule has 2 fully saturated rings. The van der Waals surface area contributed by atoms with Gasteiger partial charge < -0.3 is 25.5 Å². The molecule has 50 heavy (non-hydrogen) atoms. The van der Waals surface area contributed by atoms with Crippen LogP contribution in [0.5, 0.6) is 0 Å². The molecule has 274 valence electrons. The fraction of sp³-hybridized carbons (Fsp3) is 0.625. The van der Waals surface area contributed by atoms with E-state index in [9.17, 15) is 28.7 Å². The molecule has 1 aromatic rings. The first-order chi connectivity index (χ1) is 23.4. The number of alkyl halides is 1. The Kier molecular flexibility index (Phi) is 12.6. The lowest BCUT2D eigenvalue weighted by Gasteiger charge is -2.34. The summed E-state index contributed by atoms with van der Waals surface area (Å²) in [7, 11) is 0. The second kappa shape index (κ2) is 16.1. The summed E-state index contributed by atoms with van der Waals surface area (Å²) in [4.78, 5) is 54.8. The minimum Gasteiger partial charge on any atom is -0.460 e. The molecule has 3 N–H and O–H groups in total. The van der Waals surface area contributed by atoms with Crippen molar-refractivity contribution in [1.82, 2.24) is 10.2 Å². The molecule has 0 saturated heterocycles. The fourth-order valence-corrected chi connectivity index (χ4v) is 6.89. The molecule has 9 nitrogen and oxygen atoms in total. The zero-order valence-corrected chi connectivity index (χ0v) is 30.6. The number of unbranched alkanes of at least 4 members (excludes halogenated alkanes) is 2. The molecular weight excluding hydrogens is 637 g/mol. The van der Waals surface area contributed by atoms with Crippen LogP contribution in [0.15, 0.2) is 53.6 Å². The summed E-state index contributed by atoms with van der Waals surface area (Å²) >= 11 is 0. The van der Waals surface area contributed by atoms with Crippen molar-refractivity contribution in [2.75, 3.05) is 13.1 Å². The maximum Gasteiger partial charge on any atom is 0.306 e. The predicted molar refractivity (Wildman–Crippen MR) is 191 cm³/mol. The molecule has 4 rings (SSSR count). The summed E-state index contributed by atoms with van der Waals surface area (Å²) in [6, 6.07) is 9.20. The lowest BCUT2D eigenvalue weighted by molar-refractivity contribution is -0.155. The Morgan fingerprint density at radius 3 is 2.22 bits per heavy atom. The molecular formula is C40H56FN3O6. The highest BCUT2D eigenvalue weighted by atomic mass is 19.1. The van der Waals surface area contributed by atoms with Crippen LogP contribution in [0.1, 0.15) is 105 Å². The van der Waals surface area contributed by atoms with Gasteiger partial charge in [-0.1, -0.05) is 51.1 Å². The predicted octanol–water partition coefficient (Wildman–Crippen LogP) is 6.23. The number of carbonyl (C=O) groups excluding carboxylic acids is 4.